The predicted molar refractivity (Wildman–Crippen MR) is 64.8 cm³/mol. The summed E-state index contributed by atoms with van der Waals surface area (Å²) in [6.45, 7) is 0. The first-order chi connectivity index (χ1) is 8.31. The monoisotopic (exact) mass is 228 g/mol. The van der Waals surface area contributed by atoms with E-state index >= 15 is 0 Å². The SMILES string of the molecule is O=CCCc1ccc(=O)oc1-c1ccccc1. The van der Waals surface area contributed by atoms with Crippen molar-refractivity contribution < 1.29 is 9.21 Å². The Labute approximate surface area is 98.7 Å². The van der Waals surface area contributed by atoms with Gasteiger partial charge in [-0.05, 0) is 18.1 Å². The highest BCUT2D eigenvalue weighted by molar-refractivity contribution is 5.61. The number of carbonyl (C=O) groups is 1. The van der Waals surface area contributed by atoms with Gasteiger partial charge in [-0.3, -0.25) is 0 Å². The summed E-state index contributed by atoms with van der Waals surface area (Å²) in [4.78, 5) is 21.7. The van der Waals surface area contributed by atoms with E-state index in [0.717, 1.165) is 17.4 Å². The molecular weight excluding hydrogens is 216 g/mol. The minimum absolute atomic E-state index is 0.376. The topological polar surface area (TPSA) is 47.3 Å². The molecule has 3 nitrogen and oxygen atoms in total. The molecule has 3 heteroatoms. The first-order valence-corrected chi connectivity index (χ1v) is 5.43. The second-order valence-corrected chi connectivity index (χ2v) is 3.68. The highest BCUT2D eigenvalue weighted by atomic mass is 16.4. The van der Waals surface area contributed by atoms with Crippen LogP contribution in [0.2, 0.25) is 0 Å². The molecule has 17 heavy (non-hydrogen) atoms. The molecule has 0 radical (unpaired) electrons. The summed E-state index contributed by atoms with van der Waals surface area (Å²) in [6, 6.07) is 12.5. The maximum Gasteiger partial charge on any atom is 0.336 e. The smallest absolute Gasteiger partial charge is 0.336 e. The van der Waals surface area contributed by atoms with Gasteiger partial charge in [-0.15, -0.1) is 0 Å². The van der Waals surface area contributed by atoms with E-state index in [1.807, 2.05) is 30.3 Å². The maximum atomic E-state index is 11.3. The number of benzene rings is 1. The van der Waals surface area contributed by atoms with Crippen LogP contribution in [-0.2, 0) is 11.2 Å². The number of aldehydes is 1. The second-order valence-electron chi connectivity index (χ2n) is 3.68. The van der Waals surface area contributed by atoms with Crippen molar-refractivity contribution >= 4 is 6.29 Å². The Balaban J connectivity index is 2.47. The van der Waals surface area contributed by atoms with E-state index in [4.69, 9.17) is 4.42 Å². The van der Waals surface area contributed by atoms with Crippen LogP contribution in [-0.4, -0.2) is 6.29 Å². The quantitative estimate of drug-likeness (QED) is 0.755. The van der Waals surface area contributed by atoms with Crippen LogP contribution in [0.5, 0.6) is 0 Å². The van der Waals surface area contributed by atoms with Crippen LogP contribution in [0, 0.1) is 0 Å². The van der Waals surface area contributed by atoms with Crippen LogP contribution in [0.4, 0.5) is 0 Å². The maximum absolute atomic E-state index is 11.3. The molecule has 2 rings (SSSR count). The molecule has 0 unspecified atom stereocenters. The summed E-state index contributed by atoms with van der Waals surface area (Å²) in [5, 5.41) is 0. The minimum Gasteiger partial charge on any atom is -0.422 e. The van der Waals surface area contributed by atoms with Crippen molar-refractivity contribution in [2.75, 3.05) is 0 Å². The molecule has 0 bridgehead atoms. The zero-order chi connectivity index (χ0) is 12.1. The lowest BCUT2D eigenvalue weighted by molar-refractivity contribution is -0.107. The molecule has 0 aliphatic carbocycles. The molecule has 0 saturated heterocycles. The van der Waals surface area contributed by atoms with Crippen LogP contribution >= 0.6 is 0 Å². The van der Waals surface area contributed by atoms with E-state index < -0.39 is 0 Å². The zero-order valence-corrected chi connectivity index (χ0v) is 9.26. The van der Waals surface area contributed by atoms with E-state index in [9.17, 15) is 9.59 Å². The van der Waals surface area contributed by atoms with Gasteiger partial charge in [-0.25, -0.2) is 4.79 Å². The number of carbonyl (C=O) groups excluding carboxylic acids is 1. The van der Waals surface area contributed by atoms with Crippen LogP contribution in [0.25, 0.3) is 11.3 Å². The largest absolute Gasteiger partial charge is 0.422 e. The molecule has 0 aliphatic rings. The first-order valence-electron chi connectivity index (χ1n) is 5.43. The molecular formula is C14H12O3. The molecule has 86 valence electrons. The molecule has 2 aromatic rings. The van der Waals surface area contributed by atoms with Crippen LogP contribution in [0.15, 0.2) is 51.7 Å². The van der Waals surface area contributed by atoms with E-state index in [-0.39, 0.29) is 5.63 Å². The van der Waals surface area contributed by atoms with Gasteiger partial charge in [0.2, 0.25) is 0 Å². The van der Waals surface area contributed by atoms with E-state index in [1.165, 1.54) is 6.07 Å². The van der Waals surface area contributed by atoms with Gasteiger partial charge in [0.1, 0.15) is 12.0 Å². The summed E-state index contributed by atoms with van der Waals surface area (Å²) >= 11 is 0. The minimum atomic E-state index is -0.376. The number of aryl methyl sites for hydroxylation is 1. The molecule has 0 N–H and O–H groups in total. The Kier molecular flexibility index (Phi) is 3.50. The molecule has 1 heterocycles. The molecule has 1 aromatic heterocycles. The second kappa shape index (κ2) is 5.25. The summed E-state index contributed by atoms with van der Waals surface area (Å²) in [6.07, 6.45) is 1.87. The molecule has 0 aliphatic heterocycles. The lowest BCUT2D eigenvalue weighted by Crippen LogP contribution is -2.01. The molecule has 1 aromatic carbocycles. The fourth-order valence-corrected chi connectivity index (χ4v) is 1.69. The van der Waals surface area contributed by atoms with Crippen LogP contribution in [0.1, 0.15) is 12.0 Å². The Morgan fingerprint density at radius 1 is 1.06 bits per heavy atom. The lowest BCUT2D eigenvalue weighted by atomic mass is 10.0. The van der Waals surface area contributed by atoms with Gasteiger partial charge in [0.25, 0.3) is 0 Å². The van der Waals surface area contributed by atoms with Gasteiger partial charge >= 0.3 is 5.63 Å². The van der Waals surface area contributed by atoms with Crippen molar-refractivity contribution in [1.82, 2.24) is 0 Å². The van der Waals surface area contributed by atoms with Gasteiger partial charge in [0, 0.05) is 18.1 Å². The summed E-state index contributed by atoms with van der Waals surface area (Å²) in [7, 11) is 0. The van der Waals surface area contributed by atoms with E-state index in [1.54, 1.807) is 6.07 Å². The number of hydrogen-bond donors (Lipinski definition) is 0. The summed E-state index contributed by atoms with van der Waals surface area (Å²) in [5.41, 5.74) is 1.35. The average Bonchev–Trinajstić information content (AvgIpc) is 2.38. The predicted octanol–water partition coefficient (Wildman–Crippen LogP) is 2.44. The van der Waals surface area contributed by atoms with Gasteiger partial charge < -0.3 is 9.21 Å². The fraction of sp³-hybridized carbons (Fsp3) is 0.143. The number of rotatable bonds is 4. The molecule has 0 atom stereocenters. The zero-order valence-electron chi connectivity index (χ0n) is 9.26. The standard InChI is InChI=1S/C14H12O3/c15-10-4-7-12-8-9-13(16)17-14(12)11-5-2-1-3-6-11/h1-3,5-6,8-10H,4,7H2. The first kappa shape index (κ1) is 11.3. The van der Waals surface area contributed by atoms with Crippen molar-refractivity contribution in [3.63, 3.8) is 0 Å². The average molecular weight is 228 g/mol. The molecule has 0 fully saturated rings. The third-order valence-electron chi connectivity index (χ3n) is 2.48. The lowest BCUT2D eigenvalue weighted by Gasteiger charge is -2.05. The van der Waals surface area contributed by atoms with Crippen molar-refractivity contribution in [3.05, 3.63) is 58.4 Å². The highest BCUT2D eigenvalue weighted by Gasteiger charge is 2.08. The van der Waals surface area contributed by atoms with Crippen molar-refractivity contribution in [2.24, 2.45) is 0 Å². The van der Waals surface area contributed by atoms with Crippen LogP contribution < -0.4 is 5.63 Å². The van der Waals surface area contributed by atoms with Gasteiger partial charge in [0.15, 0.2) is 0 Å². The van der Waals surface area contributed by atoms with Gasteiger partial charge in [-0.2, -0.15) is 0 Å². The third kappa shape index (κ3) is 2.69. The van der Waals surface area contributed by atoms with Crippen molar-refractivity contribution in [2.45, 2.75) is 12.8 Å². The Morgan fingerprint density at radius 2 is 1.82 bits per heavy atom. The third-order valence-corrected chi connectivity index (χ3v) is 2.48. The Bertz CT molecular complexity index is 555. The fourth-order valence-electron chi connectivity index (χ4n) is 1.69. The van der Waals surface area contributed by atoms with Gasteiger partial charge in [-0.1, -0.05) is 30.3 Å². The molecule has 0 amide bonds. The van der Waals surface area contributed by atoms with Crippen LogP contribution in [0.3, 0.4) is 0 Å². The van der Waals surface area contributed by atoms with Gasteiger partial charge in [0.05, 0.1) is 0 Å². The van der Waals surface area contributed by atoms with E-state index in [0.29, 0.717) is 18.6 Å². The number of hydrogen-bond acceptors (Lipinski definition) is 3. The molecule has 0 saturated carbocycles. The molecule has 0 spiro atoms. The van der Waals surface area contributed by atoms with Crippen molar-refractivity contribution in [1.29, 1.82) is 0 Å². The van der Waals surface area contributed by atoms with Crippen molar-refractivity contribution in [3.8, 4) is 11.3 Å². The Hall–Kier alpha value is -2.16. The normalized spacial score (nSPS) is 10.1. The summed E-state index contributed by atoms with van der Waals surface area (Å²) in [5.74, 6) is 0.556. The highest BCUT2D eigenvalue weighted by Crippen LogP contribution is 2.22. The van der Waals surface area contributed by atoms with E-state index in [2.05, 4.69) is 0 Å². The Morgan fingerprint density at radius 3 is 2.53 bits per heavy atom. The summed E-state index contributed by atoms with van der Waals surface area (Å²) < 4.78 is 5.22.